The second-order valence-corrected chi connectivity index (χ2v) is 4.36. The van der Waals surface area contributed by atoms with Crippen molar-refractivity contribution in [1.29, 1.82) is 0 Å². The lowest BCUT2D eigenvalue weighted by atomic mass is 9.97. The maximum absolute atomic E-state index is 5.92. The monoisotopic (exact) mass is 193 g/mol. The largest absolute Gasteiger partial charge is 0.345 e. The van der Waals surface area contributed by atoms with Gasteiger partial charge in [0.2, 0.25) is 0 Å². The van der Waals surface area contributed by atoms with E-state index in [9.17, 15) is 0 Å². The van der Waals surface area contributed by atoms with Crippen molar-refractivity contribution in [3.63, 3.8) is 0 Å². The van der Waals surface area contributed by atoms with Gasteiger partial charge in [-0.05, 0) is 19.3 Å². The van der Waals surface area contributed by atoms with E-state index in [0.717, 1.165) is 31.5 Å². The maximum Gasteiger partial charge on any atom is 0.109 e. The number of hydrogen-bond acceptors (Lipinski definition) is 2. The second-order valence-electron chi connectivity index (χ2n) is 4.36. The molecule has 0 spiro atoms. The van der Waals surface area contributed by atoms with Gasteiger partial charge in [-0.15, -0.1) is 0 Å². The molecule has 14 heavy (non-hydrogen) atoms. The SMILES string of the molecule is CCC(C)c1nc2c([nH]1)CC(N)CC2. The molecule has 2 atom stereocenters. The quantitative estimate of drug-likeness (QED) is 0.751. The lowest BCUT2D eigenvalue weighted by Crippen LogP contribution is -2.27. The first-order valence-corrected chi connectivity index (χ1v) is 5.54. The molecule has 1 aromatic heterocycles. The number of aromatic nitrogens is 2. The third kappa shape index (κ3) is 1.69. The summed E-state index contributed by atoms with van der Waals surface area (Å²) in [4.78, 5) is 8.07. The molecular formula is C11H19N3. The zero-order valence-electron chi connectivity index (χ0n) is 9.01. The molecule has 1 heterocycles. The Labute approximate surface area is 85.1 Å². The molecule has 2 unspecified atom stereocenters. The van der Waals surface area contributed by atoms with Crippen molar-refractivity contribution in [3.05, 3.63) is 17.2 Å². The van der Waals surface area contributed by atoms with Crippen molar-refractivity contribution < 1.29 is 0 Å². The number of aromatic amines is 1. The zero-order valence-corrected chi connectivity index (χ0v) is 9.01. The topological polar surface area (TPSA) is 54.7 Å². The molecule has 0 fully saturated rings. The van der Waals surface area contributed by atoms with Gasteiger partial charge in [0.05, 0.1) is 5.69 Å². The Morgan fingerprint density at radius 2 is 2.43 bits per heavy atom. The summed E-state index contributed by atoms with van der Waals surface area (Å²) in [6.07, 6.45) is 4.23. The summed E-state index contributed by atoms with van der Waals surface area (Å²) in [7, 11) is 0. The summed E-state index contributed by atoms with van der Waals surface area (Å²) < 4.78 is 0. The van der Waals surface area contributed by atoms with Gasteiger partial charge in [0.25, 0.3) is 0 Å². The molecule has 0 saturated carbocycles. The number of aryl methyl sites for hydroxylation is 1. The highest BCUT2D eigenvalue weighted by Gasteiger charge is 2.20. The number of nitrogens with two attached hydrogens (primary N) is 1. The fourth-order valence-corrected chi connectivity index (χ4v) is 1.96. The van der Waals surface area contributed by atoms with Gasteiger partial charge in [0.15, 0.2) is 0 Å². The van der Waals surface area contributed by atoms with Crippen LogP contribution < -0.4 is 5.73 Å². The molecule has 3 nitrogen and oxygen atoms in total. The van der Waals surface area contributed by atoms with Crippen LogP contribution in [0.5, 0.6) is 0 Å². The molecule has 3 N–H and O–H groups in total. The first kappa shape index (κ1) is 9.71. The number of nitrogens with one attached hydrogen (secondary N) is 1. The lowest BCUT2D eigenvalue weighted by molar-refractivity contribution is 0.565. The molecule has 0 bridgehead atoms. The highest BCUT2D eigenvalue weighted by Crippen LogP contribution is 2.22. The van der Waals surface area contributed by atoms with Crippen LogP contribution in [0.1, 0.15) is 49.8 Å². The van der Waals surface area contributed by atoms with Crippen LogP contribution in [0, 0.1) is 0 Å². The Kier molecular flexibility index (Phi) is 2.59. The van der Waals surface area contributed by atoms with E-state index in [4.69, 9.17) is 5.73 Å². The number of fused-ring (bicyclic) bond motifs is 1. The van der Waals surface area contributed by atoms with Crippen LogP contribution in [0.3, 0.4) is 0 Å². The minimum atomic E-state index is 0.327. The third-order valence-electron chi connectivity index (χ3n) is 3.18. The standard InChI is InChI=1S/C11H19N3/c1-3-7(2)11-13-9-5-4-8(12)6-10(9)14-11/h7-8H,3-6,12H2,1-2H3,(H,13,14). The molecular weight excluding hydrogens is 174 g/mol. The highest BCUT2D eigenvalue weighted by molar-refractivity contribution is 5.20. The van der Waals surface area contributed by atoms with Crippen molar-refractivity contribution in [1.82, 2.24) is 9.97 Å². The lowest BCUT2D eigenvalue weighted by Gasteiger charge is -2.16. The van der Waals surface area contributed by atoms with Crippen molar-refractivity contribution in [2.24, 2.45) is 5.73 Å². The van der Waals surface area contributed by atoms with E-state index in [1.54, 1.807) is 0 Å². The summed E-state index contributed by atoms with van der Waals surface area (Å²) >= 11 is 0. The Balaban J connectivity index is 2.23. The predicted molar refractivity (Wildman–Crippen MR) is 57.3 cm³/mol. The smallest absolute Gasteiger partial charge is 0.109 e. The summed E-state index contributed by atoms with van der Waals surface area (Å²) in [6, 6.07) is 0.327. The Morgan fingerprint density at radius 1 is 1.64 bits per heavy atom. The van der Waals surface area contributed by atoms with Crippen molar-refractivity contribution in [2.75, 3.05) is 0 Å². The van der Waals surface area contributed by atoms with Crippen LogP contribution in [0.4, 0.5) is 0 Å². The maximum atomic E-state index is 5.92. The number of imidazole rings is 1. The van der Waals surface area contributed by atoms with E-state index in [1.165, 1.54) is 11.4 Å². The fraction of sp³-hybridized carbons (Fsp3) is 0.727. The molecule has 0 amide bonds. The molecule has 0 saturated heterocycles. The molecule has 1 aliphatic carbocycles. The van der Waals surface area contributed by atoms with Crippen LogP contribution >= 0.6 is 0 Å². The van der Waals surface area contributed by atoms with E-state index in [0.29, 0.717) is 12.0 Å². The van der Waals surface area contributed by atoms with Gasteiger partial charge in [0, 0.05) is 24.1 Å². The number of nitrogens with zero attached hydrogens (tertiary/aromatic N) is 1. The van der Waals surface area contributed by atoms with Crippen molar-refractivity contribution in [2.45, 2.75) is 51.5 Å². The van der Waals surface area contributed by atoms with Gasteiger partial charge in [-0.1, -0.05) is 13.8 Å². The minimum absolute atomic E-state index is 0.327. The summed E-state index contributed by atoms with van der Waals surface area (Å²) in [5.41, 5.74) is 8.45. The van der Waals surface area contributed by atoms with Crippen LogP contribution in [-0.4, -0.2) is 16.0 Å². The first-order chi connectivity index (χ1) is 6.70. The molecule has 0 radical (unpaired) electrons. The van der Waals surface area contributed by atoms with E-state index < -0.39 is 0 Å². The highest BCUT2D eigenvalue weighted by atomic mass is 15.0. The molecule has 2 rings (SSSR count). The normalized spacial score (nSPS) is 23.2. The molecule has 0 aromatic carbocycles. The van der Waals surface area contributed by atoms with Gasteiger partial charge in [0.1, 0.15) is 5.82 Å². The number of rotatable bonds is 2. The van der Waals surface area contributed by atoms with Crippen LogP contribution in [0.15, 0.2) is 0 Å². The Bertz CT molecular complexity index is 316. The third-order valence-corrected chi connectivity index (χ3v) is 3.18. The average Bonchev–Trinajstić information content (AvgIpc) is 2.59. The van der Waals surface area contributed by atoms with Crippen LogP contribution in [0.2, 0.25) is 0 Å². The predicted octanol–water partition coefficient (Wildman–Crippen LogP) is 1.74. The minimum Gasteiger partial charge on any atom is -0.345 e. The van der Waals surface area contributed by atoms with Gasteiger partial charge in [-0.2, -0.15) is 0 Å². The zero-order chi connectivity index (χ0) is 10.1. The van der Waals surface area contributed by atoms with Crippen molar-refractivity contribution in [3.8, 4) is 0 Å². The Morgan fingerprint density at radius 3 is 3.14 bits per heavy atom. The van der Waals surface area contributed by atoms with E-state index >= 15 is 0 Å². The molecule has 78 valence electrons. The fourth-order valence-electron chi connectivity index (χ4n) is 1.96. The summed E-state index contributed by atoms with van der Waals surface area (Å²) in [5, 5.41) is 0. The Hall–Kier alpha value is -0.830. The molecule has 0 aliphatic heterocycles. The van der Waals surface area contributed by atoms with E-state index in [-0.39, 0.29) is 0 Å². The second kappa shape index (κ2) is 3.73. The van der Waals surface area contributed by atoms with Gasteiger partial charge < -0.3 is 10.7 Å². The summed E-state index contributed by atoms with van der Waals surface area (Å²) in [6.45, 7) is 4.40. The van der Waals surface area contributed by atoms with Gasteiger partial charge in [-0.25, -0.2) is 4.98 Å². The molecule has 1 aliphatic rings. The van der Waals surface area contributed by atoms with Gasteiger partial charge in [-0.3, -0.25) is 0 Å². The van der Waals surface area contributed by atoms with E-state index in [2.05, 4.69) is 23.8 Å². The molecule has 3 heteroatoms. The van der Waals surface area contributed by atoms with Crippen molar-refractivity contribution >= 4 is 0 Å². The number of hydrogen-bond donors (Lipinski definition) is 2. The van der Waals surface area contributed by atoms with Gasteiger partial charge >= 0.3 is 0 Å². The average molecular weight is 193 g/mol. The van der Waals surface area contributed by atoms with Crippen LogP contribution in [0.25, 0.3) is 0 Å². The molecule has 1 aromatic rings. The van der Waals surface area contributed by atoms with E-state index in [1.807, 2.05) is 0 Å². The summed E-state index contributed by atoms with van der Waals surface area (Å²) in [5.74, 6) is 1.68. The number of H-pyrrole nitrogens is 1. The first-order valence-electron chi connectivity index (χ1n) is 5.54. The van der Waals surface area contributed by atoms with Crippen LogP contribution in [-0.2, 0) is 12.8 Å².